The Morgan fingerprint density at radius 2 is 2.05 bits per heavy atom. The zero-order valence-corrected chi connectivity index (χ0v) is 13.9. The first-order valence-electron chi connectivity index (χ1n) is 7.14. The van der Waals surface area contributed by atoms with E-state index in [1.165, 1.54) is 18.4 Å². The smallest absolute Gasteiger partial charge is 0.305 e. The second-order valence-electron chi connectivity index (χ2n) is 5.14. The lowest BCUT2D eigenvalue weighted by Crippen LogP contribution is -2.49. The maximum atomic E-state index is 12.2. The van der Waals surface area contributed by atoms with Crippen molar-refractivity contribution >= 4 is 29.1 Å². The molecule has 0 aliphatic heterocycles. The first-order valence-corrected chi connectivity index (χ1v) is 8.02. The fraction of sp³-hybridized carbons (Fsp3) is 0.533. The Kier molecular flexibility index (Phi) is 7.59. The molecule has 1 rings (SSSR count). The number of thiophene rings is 1. The fourth-order valence-electron chi connectivity index (χ4n) is 1.81. The Morgan fingerprint density at radius 1 is 1.32 bits per heavy atom. The Hall–Kier alpha value is -1.89. The van der Waals surface area contributed by atoms with Gasteiger partial charge in [-0.25, -0.2) is 0 Å². The van der Waals surface area contributed by atoms with Gasteiger partial charge >= 0.3 is 5.97 Å². The van der Waals surface area contributed by atoms with Gasteiger partial charge in [0.15, 0.2) is 0 Å². The molecule has 2 N–H and O–H groups in total. The molecule has 0 radical (unpaired) electrons. The van der Waals surface area contributed by atoms with Gasteiger partial charge in [-0.2, -0.15) is 0 Å². The molecule has 2 amide bonds. The molecule has 0 saturated heterocycles. The number of amides is 2. The number of rotatable bonds is 8. The molecule has 0 aromatic carbocycles. The monoisotopic (exact) mass is 326 g/mol. The predicted octanol–water partition coefficient (Wildman–Crippen LogP) is 1.57. The largest absolute Gasteiger partial charge is 0.469 e. The van der Waals surface area contributed by atoms with Gasteiger partial charge in [-0.15, -0.1) is 11.3 Å². The summed E-state index contributed by atoms with van der Waals surface area (Å²) in [5, 5.41) is 7.30. The van der Waals surface area contributed by atoms with Crippen LogP contribution in [0.5, 0.6) is 0 Å². The second-order valence-corrected chi connectivity index (χ2v) is 6.09. The van der Waals surface area contributed by atoms with Crippen molar-refractivity contribution in [3.05, 3.63) is 22.4 Å². The molecule has 0 unspecified atom stereocenters. The van der Waals surface area contributed by atoms with Crippen molar-refractivity contribution in [1.82, 2.24) is 10.6 Å². The van der Waals surface area contributed by atoms with Gasteiger partial charge in [0.25, 0.3) is 5.91 Å². The third-order valence-electron chi connectivity index (χ3n) is 3.07. The topological polar surface area (TPSA) is 84.5 Å². The van der Waals surface area contributed by atoms with E-state index in [4.69, 9.17) is 0 Å². The van der Waals surface area contributed by atoms with Crippen LogP contribution in [0.3, 0.4) is 0 Å². The quantitative estimate of drug-likeness (QED) is 0.561. The van der Waals surface area contributed by atoms with Crippen molar-refractivity contribution in [1.29, 1.82) is 0 Å². The highest BCUT2D eigenvalue weighted by Gasteiger charge is 2.24. The zero-order chi connectivity index (χ0) is 16.5. The lowest BCUT2D eigenvalue weighted by Gasteiger charge is -2.21. The van der Waals surface area contributed by atoms with Crippen LogP contribution in [-0.2, 0) is 14.3 Å². The standard InChI is InChI=1S/C15H22N2O4S/c1-10(2)13(17-14(19)11-6-5-9-22-11)15(20)16-8-4-7-12(18)21-3/h5-6,9-10,13H,4,7-8H2,1-3H3,(H,16,20)(H,17,19)/t13-/m0/s1. The van der Waals surface area contributed by atoms with Gasteiger partial charge in [-0.05, 0) is 23.8 Å². The molecular weight excluding hydrogens is 304 g/mol. The number of hydrogen-bond donors (Lipinski definition) is 2. The van der Waals surface area contributed by atoms with Crippen LogP contribution in [0.25, 0.3) is 0 Å². The van der Waals surface area contributed by atoms with Crippen LogP contribution in [0.1, 0.15) is 36.4 Å². The van der Waals surface area contributed by atoms with E-state index in [9.17, 15) is 14.4 Å². The minimum atomic E-state index is -0.604. The molecule has 0 bridgehead atoms. The van der Waals surface area contributed by atoms with Crippen molar-refractivity contribution in [3.63, 3.8) is 0 Å². The van der Waals surface area contributed by atoms with Gasteiger partial charge in [-0.3, -0.25) is 14.4 Å². The van der Waals surface area contributed by atoms with E-state index in [0.29, 0.717) is 17.8 Å². The molecular formula is C15H22N2O4S. The predicted molar refractivity (Wildman–Crippen MR) is 84.7 cm³/mol. The molecule has 122 valence electrons. The molecule has 6 nitrogen and oxygen atoms in total. The Balaban J connectivity index is 2.46. The SMILES string of the molecule is COC(=O)CCCNC(=O)[C@@H](NC(=O)c1cccs1)C(C)C. The van der Waals surface area contributed by atoms with Crippen LogP contribution in [0.2, 0.25) is 0 Å². The second kappa shape index (κ2) is 9.19. The highest BCUT2D eigenvalue weighted by atomic mass is 32.1. The summed E-state index contributed by atoms with van der Waals surface area (Å²) >= 11 is 1.33. The molecule has 0 spiro atoms. The van der Waals surface area contributed by atoms with Gasteiger partial charge in [0.2, 0.25) is 5.91 Å². The van der Waals surface area contributed by atoms with Crippen molar-refractivity contribution < 1.29 is 19.1 Å². The van der Waals surface area contributed by atoms with Crippen LogP contribution in [-0.4, -0.2) is 37.5 Å². The molecule has 7 heteroatoms. The maximum absolute atomic E-state index is 12.2. The molecule has 0 aliphatic rings. The van der Waals surface area contributed by atoms with Crippen LogP contribution in [0.4, 0.5) is 0 Å². The van der Waals surface area contributed by atoms with E-state index in [1.807, 2.05) is 19.2 Å². The minimum absolute atomic E-state index is 0.0375. The summed E-state index contributed by atoms with van der Waals surface area (Å²) in [7, 11) is 1.33. The van der Waals surface area contributed by atoms with Crippen LogP contribution in [0.15, 0.2) is 17.5 Å². The van der Waals surface area contributed by atoms with E-state index >= 15 is 0 Å². The van der Waals surface area contributed by atoms with Gasteiger partial charge in [-0.1, -0.05) is 19.9 Å². The average Bonchev–Trinajstić information content (AvgIpc) is 3.02. The van der Waals surface area contributed by atoms with E-state index in [2.05, 4.69) is 15.4 Å². The van der Waals surface area contributed by atoms with Crippen LogP contribution >= 0.6 is 11.3 Å². The zero-order valence-electron chi connectivity index (χ0n) is 13.0. The minimum Gasteiger partial charge on any atom is -0.469 e. The molecule has 22 heavy (non-hydrogen) atoms. The molecule has 1 aromatic rings. The van der Waals surface area contributed by atoms with Crippen molar-refractivity contribution in [2.45, 2.75) is 32.7 Å². The van der Waals surface area contributed by atoms with Crippen molar-refractivity contribution in [2.75, 3.05) is 13.7 Å². The molecule has 0 aliphatic carbocycles. The number of methoxy groups -OCH3 is 1. The van der Waals surface area contributed by atoms with Crippen molar-refractivity contribution in [2.24, 2.45) is 5.92 Å². The first kappa shape index (κ1) is 18.2. The Morgan fingerprint density at radius 3 is 2.59 bits per heavy atom. The summed E-state index contributed by atoms with van der Waals surface area (Å²) in [6.45, 7) is 4.10. The molecule has 1 aromatic heterocycles. The van der Waals surface area contributed by atoms with Gasteiger partial charge < -0.3 is 15.4 Å². The van der Waals surface area contributed by atoms with E-state index in [0.717, 1.165) is 0 Å². The highest BCUT2D eigenvalue weighted by Crippen LogP contribution is 2.10. The number of hydrogen-bond acceptors (Lipinski definition) is 5. The number of carbonyl (C=O) groups excluding carboxylic acids is 3. The van der Waals surface area contributed by atoms with Crippen LogP contribution in [0, 0.1) is 5.92 Å². The van der Waals surface area contributed by atoms with Gasteiger partial charge in [0.1, 0.15) is 6.04 Å². The summed E-state index contributed by atoms with van der Waals surface area (Å²) in [5.41, 5.74) is 0. The molecule has 1 heterocycles. The van der Waals surface area contributed by atoms with E-state index in [-0.39, 0.29) is 30.1 Å². The third kappa shape index (κ3) is 5.85. The summed E-state index contributed by atoms with van der Waals surface area (Å²) < 4.78 is 4.53. The summed E-state index contributed by atoms with van der Waals surface area (Å²) in [4.78, 5) is 35.8. The Labute approximate surface area is 134 Å². The highest BCUT2D eigenvalue weighted by molar-refractivity contribution is 7.12. The van der Waals surface area contributed by atoms with E-state index < -0.39 is 6.04 Å². The fourth-order valence-corrected chi connectivity index (χ4v) is 2.44. The number of nitrogens with one attached hydrogen (secondary N) is 2. The lowest BCUT2D eigenvalue weighted by molar-refractivity contribution is -0.140. The normalized spacial score (nSPS) is 11.8. The van der Waals surface area contributed by atoms with Gasteiger partial charge in [0, 0.05) is 13.0 Å². The number of ether oxygens (including phenoxy) is 1. The molecule has 1 atom stereocenters. The number of esters is 1. The van der Waals surface area contributed by atoms with E-state index in [1.54, 1.807) is 12.1 Å². The van der Waals surface area contributed by atoms with Crippen LogP contribution < -0.4 is 10.6 Å². The number of carbonyl (C=O) groups is 3. The average molecular weight is 326 g/mol. The van der Waals surface area contributed by atoms with Gasteiger partial charge in [0.05, 0.1) is 12.0 Å². The summed E-state index contributed by atoms with van der Waals surface area (Å²) in [6, 6.07) is 2.90. The lowest BCUT2D eigenvalue weighted by atomic mass is 10.0. The Bertz CT molecular complexity index is 500. The van der Waals surface area contributed by atoms with Crippen molar-refractivity contribution in [3.8, 4) is 0 Å². The maximum Gasteiger partial charge on any atom is 0.305 e. The molecule has 0 saturated carbocycles. The summed E-state index contributed by atoms with van der Waals surface area (Å²) in [5.74, 6) is -0.839. The first-order chi connectivity index (χ1) is 10.5. The summed E-state index contributed by atoms with van der Waals surface area (Å²) in [6.07, 6.45) is 0.757. The third-order valence-corrected chi connectivity index (χ3v) is 3.93. The molecule has 0 fully saturated rings.